The maximum absolute atomic E-state index is 13.4. The van der Waals surface area contributed by atoms with Gasteiger partial charge in [0.1, 0.15) is 6.61 Å². The fourth-order valence-electron chi connectivity index (χ4n) is 4.67. The summed E-state index contributed by atoms with van der Waals surface area (Å²) in [4.78, 5) is 36.7. The summed E-state index contributed by atoms with van der Waals surface area (Å²) in [7, 11) is 0. The van der Waals surface area contributed by atoms with Crippen molar-refractivity contribution < 1.29 is 13.9 Å². The highest BCUT2D eigenvalue weighted by molar-refractivity contribution is 8.00. The van der Waals surface area contributed by atoms with Crippen LogP contribution < -0.4 is 5.56 Å². The van der Waals surface area contributed by atoms with Crippen LogP contribution in [0.4, 0.5) is 4.79 Å². The lowest BCUT2D eigenvalue weighted by molar-refractivity contribution is 0.154. The fourth-order valence-corrected chi connectivity index (χ4v) is 6.17. The Morgan fingerprint density at radius 1 is 1.17 bits per heavy atom. The second kappa shape index (κ2) is 9.05. The third kappa shape index (κ3) is 4.30. The number of cyclic esters (lactones) is 1. The second-order valence-electron chi connectivity index (χ2n) is 8.72. The molecule has 35 heavy (non-hydrogen) atoms. The van der Waals surface area contributed by atoms with Crippen molar-refractivity contribution in [3.8, 4) is 11.3 Å². The molecule has 2 atom stereocenters. The van der Waals surface area contributed by atoms with E-state index in [-0.39, 0.29) is 22.9 Å². The van der Waals surface area contributed by atoms with Gasteiger partial charge >= 0.3 is 6.09 Å². The SMILES string of the molecule is O=C1OCC2C[C@@H](Sc3cc4c(=O)n(Cc5ccc(Cl)cc5)cnc4cc3-c3cnco3)CCN12. The Morgan fingerprint density at radius 3 is 2.83 bits per heavy atom. The highest BCUT2D eigenvalue weighted by Crippen LogP contribution is 2.40. The van der Waals surface area contributed by atoms with Crippen LogP contribution in [-0.4, -0.2) is 50.0 Å². The van der Waals surface area contributed by atoms with Gasteiger partial charge in [0.25, 0.3) is 5.56 Å². The molecule has 2 aliphatic heterocycles. The van der Waals surface area contributed by atoms with Gasteiger partial charge < -0.3 is 14.1 Å². The van der Waals surface area contributed by atoms with Gasteiger partial charge in [-0.1, -0.05) is 23.7 Å². The standard InChI is InChI=1S/C25H21ClN4O4S/c26-16-3-1-15(2-4-16)11-29-13-28-21-8-20(22-10-27-14-34-22)23(9-19(21)24(29)31)35-18-5-6-30-17(7-18)12-33-25(30)32/h1-4,8-10,13-14,17-18H,5-7,11-12H2/t17?,18-/m0/s1. The Balaban J connectivity index is 1.36. The topological polar surface area (TPSA) is 90.5 Å². The number of hydrogen-bond donors (Lipinski definition) is 0. The summed E-state index contributed by atoms with van der Waals surface area (Å²) in [6.07, 6.45) is 6.09. The number of ether oxygens (including phenoxy) is 1. The molecule has 8 nitrogen and oxygen atoms in total. The molecule has 0 radical (unpaired) electrons. The largest absolute Gasteiger partial charge is 0.447 e. The Hall–Kier alpha value is -3.30. The van der Waals surface area contributed by atoms with Crippen molar-refractivity contribution in [3.05, 3.63) is 76.3 Å². The summed E-state index contributed by atoms with van der Waals surface area (Å²) in [5.41, 5.74) is 2.30. The summed E-state index contributed by atoms with van der Waals surface area (Å²) < 4.78 is 12.4. The molecule has 4 aromatic rings. The first-order chi connectivity index (χ1) is 17.0. The summed E-state index contributed by atoms with van der Waals surface area (Å²) in [6.45, 7) is 1.50. The van der Waals surface area contributed by atoms with Crippen molar-refractivity contribution in [3.63, 3.8) is 0 Å². The van der Waals surface area contributed by atoms with Gasteiger partial charge in [-0.2, -0.15) is 0 Å². The number of nitrogens with zero attached hydrogens (tertiary/aromatic N) is 4. The maximum Gasteiger partial charge on any atom is 0.410 e. The zero-order valence-corrected chi connectivity index (χ0v) is 20.2. The zero-order valence-electron chi connectivity index (χ0n) is 18.6. The number of benzene rings is 2. The van der Waals surface area contributed by atoms with Crippen LogP contribution in [0.15, 0.2) is 69.4 Å². The summed E-state index contributed by atoms with van der Waals surface area (Å²) in [6, 6.07) is 11.3. The van der Waals surface area contributed by atoms with Gasteiger partial charge in [0.2, 0.25) is 0 Å². The van der Waals surface area contributed by atoms with Gasteiger partial charge in [0, 0.05) is 27.3 Å². The van der Waals surface area contributed by atoms with E-state index in [0.717, 1.165) is 28.9 Å². The first-order valence-electron chi connectivity index (χ1n) is 11.3. The normalized spacial score (nSPS) is 19.7. The third-order valence-corrected chi connectivity index (χ3v) is 8.09. The van der Waals surface area contributed by atoms with Crippen LogP contribution in [0, 0.1) is 0 Å². The zero-order chi connectivity index (χ0) is 23.9. The van der Waals surface area contributed by atoms with E-state index < -0.39 is 0 Å². The quantitative estimate of drug-likeness (QED) is 0.381. The number of carbonyl (C=O) groups excluding carboxylic acids is 1. The lowest BCUT2D eigenvalue weighted by atomic mass is 10.0. The van der Waals surface area contributed by atoms with E-state index in [2.05, 4.69) is 9.97 Å². The monoisotopic (exact) mass is 508 g/mol. The molecule has 10 heteroatoms. The number of hydrogen-bond acceptors (Lipinski definition) is 7. The highest BCUT2D eigenvalue weighted by atomic mass is 35.5. The molecular weight excluding hydrogens is 488 g/mol. The number of oxazole rings is 1. The molecule has 6 rings (SSSR count). The van der Waals surface area contributed by atoms with Crippen LogP contribution in [0.5, 0.6) is 0 Å². The molecule has 0 bridgehead atoms. The average Bonchev–Trinajstić information content (AvgIpc) is 3.53. The Kier molecular flexibility index (Phi) is 5.74. The molecule has 2 aromatic carbocycles. The fraction of sp³-hybridized carbons (Fsp3) is 0.280. The van der Waals surface area contributed by atoms with Gasteiger partial charge in [-0.25, -0.2) is 14.8 Å². The lowest BCUT2D eigenvalue weighted by Gasteiger charge is -2.32. The van der Waals surface area contributed by atoms with Crippen LogP contribution in [-0.2, 0) is 11.3 Å². The van der Waals surface area contributed by atoms with Crippen molar-refractivity contribution in [2.45, 2.75) is 35.6 Å². The minimum absolute atomic E-state index is 0.0983. The molecule has 0 aliphatic carbocycles. The summed E-state index contributed by atoms with van der Waals surface area (Å²) in [5, 5.41) is 1.47. The first kappa shape index (κ1) is 22.2. The van der Waals surface area contributed by atoms with Crippen molar-refractivity contribution in [2.24, 2.45) is 0 Å². The van der Waals surface area contributed by atoms with E-state index in [0.29, 0.717) is 41.4 Å². The minimum atomic E-state index is -0.223. The number of piperidine rings is 1. The molecule has 0 N–H and O–H groups in total. The van der Waals surface area contributed by atoms with Gasteiger partial charge in [0.05, 0.1) is 36.0 Å². The maximum atomic E-state index is 13.4. The molecule has 2 fully saturated rings. The predicted molar refractivity (Wildman–Crippen MR) is 133 cm³/mol. The van der Waals surface area contributed by atoms with E-state index in [1.165, 1.54) is 6.39 Å². The van der Waals surface area contributed by atoms with Crippen molar-refractivity contribution in [1.29, 1.82) is 0 Å². The Labute approximate surface area is 209 Å². The number of halogens is 1. The molecule has 2 aromatic heterocycles. The Bertz CT molecular complexity index is 1460. The number of thioether (sulfide) groups is 1. The van der Waals surface area contributed by atoms with Crippen molar-refractivity contribution >= 4 is 40.4 Å². The molecule has 0 spiro atoms. The number of carbonyl (C=O) groups is 1. The van der Waals surface area contributed by atoms with E-state index in [4.69, 9.17) is 20.8 Å². The van der Waals surface area contributed by atoms with Crippen LogP contribution in [0.25, 0.3) is 22.2 Å². The van der Waals surface area contributed by atoms with Gasteiger partial charge in [-0.3, -0.25) is 9.36 Å². The Morgan fingerprint density at radius 2 is 2.03 bits per heavy atom. The van der Waals surface area contributed by atoms with Crippen molar-refractivity contribution in [1.82, 2.24) is 19.4 Å². The second-order valence-corrected chi connectivity index (χ2v) is 10.5. The van der Waals surface area contributed by atoms with Gasteiger partial charge in [0.15, 0.2) is 12.2 Å². The van der Waals surface area contributed by atoms with Gasteiger partial charge in [-0.05, 0) is 42.7 Å². The van der Waals surface area contributed by atoms with Crippen LogP contribution in [0.2, 0.25) is 5.02 Å². The molecule has 178 valence electrons. The molecule has 2 aliphatic rings. The smallest absolute Gasteiger partial charge is 0.410 e. The number of fused-ring (bicyclic) bond motifs is 2. The first-order valence-corrected chi connectivity index (χ1v) is 12.6. The van der Waals surface area contributed by atoms with Crippen LogP contribution >= 0.6 is 23.4 Å². The highest BCUT2D eigenvalue weighted by Gasteiger charge is 2.38. The molecule has 2 saturated heterocycles. The van der Waals surface area contributed by atoms with Crippen molar-refractivity contribution in [2.75, 3.05) is 13.2 Å². The van der Waals surface area contributed by atoms with Crippen LogP contribution in [0.1, 0.15) is 18.4 Å². The third-order valence-electron chi connectivity index (χ3n) is 6.48. The lowest BCUT2D eigenvalue weighted by Crippen LogP contribution is -2.41. The molecule has 1 amide bonds. The van der Waals surface area contributed by atoms with E-state index >= 15 is 0 Å². The van der Waals surface area contributed by atoms with E-state index in [1.54, 1.807) is 28.9 Å². The molecule has 4 heterocycles. The predicted octanol–water partition coefficient (Wildman–Crippen LogP) is 4.83. The van der Waals surface area contributed by atoms with Crippen LogP contribution in [0.3, 0.4) is 0 Å². The molecule has 0 saturated carbocycles. The number of amides is 1. The van der Waals surface area contributed by atoms with E-state index in [1.807, 2.05) is 41.3 Å². The number of aromatic nitrogens is 3. The summed E-state index contributed by atoms with van der Waals surface area (Å²) in [5.74, 6) is 0.623. The minimum Gasteiger partial charge on any atom is -0.447 e. The molecular formula is C25H21ClN4O4S. The van der Waals surface area contributed by atoms with Gasteiger partial charge in [-0.15, -0.1) is 11.8 Å². The summed E-state index contributed by atoms with van der Waals surface area (Å²) >= 11 is 7.70. The van der Waals surface area contributed by atoms with E-state index in [9.17, 15) is 9.59 Å². The molecule has 1 unspecified atom stereocenters. The number of rotatable bonds is 5. The average molecular weight is 509 g/mol.